The minimum atomic E-state index is -0.0232. The highest BCUT2D eigenvalue weighted by Crippen LogP contribution is 1.94. The summed E-state index contributed by atoms with van der Waals surface area (Å²) in [7, 11) is 0. The van der Waals surface area contributed by atoms with Gasteiger partial charge in [-0.1, -0.05) is 25.3 Å². The van der Waals surface area contributed by atoms with Gasteiger partial charge in [-0.15, -0.1) is 0 Å². The van der Waals surface area contributed by atoms with Crippen molar-refractivity contribution in [2.75, 3.05) is 0 Å². The SMILES string of the molecule is C=C/C=C\C(=C)OF. The highest BCUT2D eigenvalue weighted by atomic mass is 19.3. The van der Waals surface area contributed by atoms with E-state index in [1.165, 1.54) is 18.2 Å². The molecule has 0 spiro atoms. The first-order chi connectivity index (χ1) is 3.81. The van der Waals surface area contributed by atoms with Crippen LogP contribution in [-0.2, 0) is 4.94 Å². The first kappa shape index (κ1) is 6.95. The molecular formula is C6H7FO. The Labute approximate surface area is 47.7 Å². The van der Waals surface area contributed by atoms with Crippen molar-refractivity contribution in [3.8, 4) is 0 Å². The van der Waals surface area contributed by atoms with Crippen molar-refractivity contribution in [3.05, 3.63) is 37.1 Å². The largest absolute Gasteiger partial charge is 0.295 e. The predicted octanol–water partition coefficient (Wildman–Crippen LogP) is 2.14. The van der Waals surface area contributed by atoms with E-state index >= 15 is 0 Å². The second-order valence-corrected chi connectivity index (χ2v) is 1.14. The number of hydrogen-bond donors (Lipinski definition) is 0. The molecule has 8 heavy (non-hydrogen) atoms. The van der Waals surface area contributed by atoms with Crippen LogP contribution in [0.25, 0.3) is 0 Å². The summed E-state index contributed by atoms with van der Waals surface area (Å²) in [6, 6.07) is 0. The summed E-state index contributed by atoms with van der Waals surface area (Å²) in [5.74, 6) is -0.0232. The molecule has 0 unspecified atom stereocenters. The highest BCUT2D eigenvalue weighted by molar-refractivity contribution is 5.11. The van der Waals surface area contributed by atoms with Gasteiger partial charge in [0.05, 0.1) is 0 Å². The zero-order valence-electron chi connectivity index (χ0n) is 4.43. The molecule has 0 aromatic carbocycles. The average Bonchev–Trinajstić information content (AvgIpc) is 1.83. The Morgan fingerprint density at radius 3 is 2.62 bits per heavy atom. The molecule has 0 N–H and O–H groups in total. The van der Waals surface area contributed by atoms with Crippen LogP contribution < -0.4 is 0 Å². The summed E-state index contributed by atoms with van der Waals surface area (Å²) in [5.41, 5.74) is 0. The lowest BCUT2D eigenvalue weighted by Gasteiger charge is -1.84. The van der Waals surface area contributed by atoms with Crippen molar-refractivity contribution in [2.45, 2.75) is 0 Å². The van der Waals surface area contributed by atoms with Gasteiger partial charge in [-0.25, -0.2) is 0 Å². The molecule has 0 aliphatic rings. The van der Waals surface area contributed by atoms with Crippen LogP contribution in [-0.4, -0.2) is 0 Å². The highest BCUT2D eigenvalue weighted by Gasteiger charge is 1.80. The standard InChI is InChI=1S/C6H7FO/c1-3-4-5-6(2)8-7/h3-5H,1-2H2/b5-4-. The second-order valence-electron chi connectivity index (χ2n) is 1.14. The molecule has 0 atom stereocenters. The van der Waals surface area contributed by atoms with Gasteiger partial charge in [0, 0.05) is 4.53 Å². The van der Waals surface area contributed by atoms with Gasteiger partial charge in [-0.05, 0) is 6.08 Å². The van der Waals surface area contributed by atoms with Gasteiger partial charge in [-0.2, -0.15) is 0 Å². The maximum absolute atomic E-state index is 11.0. The summed E-state index contributed by atoms with van der Waals surface area (Å²) in [4.78, 5) is 3.22. The monoisotopic (exact) mass is 114 g/mol. The van der Waals surface area contributed by atoms with Crippen molar-refractivity contribution in [1.29, 1.82) is 0 Å². The van der Waals surface area contributed by atoms with E-state index in [-0.39, 0.29) is 5.76 Å². The summed E-state index contributed by atoms with van der Waals surface area (Å²) in [6.07, 6.45) is 4.40. The fourth-order valence-electron chi connectivity index (χ4n) is 0.201. The molecule has 0 aromatic heterocycles. The van der Waals surface area contributed by atoms with Gasteiger partial charge < -0.3 is 0 Å². The third kappa shape index (κ3) is 3.15. The van der Waals surface area contributed by atoms with Crippen LogP contribution in [0.2, 0.25) is 0 Å². The molecule has 0 aliphatic carbocycles. The van der Waals surface area contributed by atoms with Crippen LogP contribution in [0.15, 0.2) is 37.1 Å². The summed E-state index contributed by atoms with van der Waals surface area (Å²) in [6.45, 7) is 6.54. The molecule has 0 fully saturated rings. The van der Waals surface area contributed by atoms with E-state index in [1.54, 1.807) is 0 Å². The first-order valence-electron chi connectivity index (χ1n) is 2.08. The Balaban J connectivity index is 3.52. The van der Waals surface area contributed by atoms with Gasteiger partial charge in [0.2, 0.25) is 0 Å². The average molecular weight is 114 g/mol. The fraction of sp³-hybridized carbons (Fsp3) is 0. The van der Waals surface area contributed by atoms with Crippen molar-refractivity contribution < 1.29 is 9.47 Å². The third-order valence-corrected chi connectivity index (χ3v) is 0.517. The second kappa shape index (κ2) is 4.12. The maximum atomic E-state index is 11.0. The fourth-order valence-corrected chi connectivity index (χ4v) is 0.201. The minimum absolute atomic E-state index is 0.0232. The molecule has 44 valence electrons. The summed E-state index contributed by atoms with van der Waals surface area (Å²) in [5, 5.41) is 0. The summed E-state index contributed by atoms with van der Waals surface area (Å²) >= 11 is 0. The Morgan fingerprint density at radius 2 is 2.25 bits per heavy atom. The molecule has 0 bridgehead atoms. The minimum Gasteiger partial charge on any atom is -0.295 e. The molecule has 0 saturated heterocycles. The Kier molecular flexibility index (Phi) is 3.58. The number of allylic oxidation sites excluding steroid dienone is 3. The van der Waals surface area contributed by atoms with E-state index < -0.39 is 0 Å². The summed E-state index contributed by atoms with van der Waals surface area (Å²) < 4.78 is 11.0. The van der Waals surface area contributed by atoms with Crippen molar-refractivity contribution in [2.24, 2.45) is 0 Å². The van der Waals surface area contributed by atoms with Gasteiger partial charge in [-0.3, -0.25) is 4.94 Å². The van der Waals surface area contributed by atoms with Crippen LogP contribution in [0.3, 0.4) is 0 Å². The first-order valence-corrected chi connectivity index (χ1v) is 2.08. The van der Waals surface area contributed by atoms with Crippen LogP contribution in [0.1, 0.15) is 0 Å². The smallest absolute Gasteiger partial charge is 0.164 e. The molecule has 0 saturated carbocycles. The number of halogens is 1. The molecular weight excluding hydrogens is 107 g/mol. The van der Waals surface area contributed by atoms with Crippen LogP contribution in [0, 0.1) is 0 Å². The van der Waals surface area contributed by atoms with E-state index in [0.717, 1.165) is 0 Å². The van der Waals surface area contributed by atoms with Crippen molar-refractivity contribution in [3.63, 3.8) is 0 Å². The molecule has 2 heteroatoms. The normalized spacial score (nSPS) is 9.12. The van der Waals surface area contributed by atoms with Crippen LogP contribution in [0.4, 0.5) is 4.53 Å². The third-order valence-electron chi connectivity index (χ3n) is 0.517. The topological polar surface area (TPSA) is 9.23 Å². The van der Waals surface area contributed by atoms with E-state index in [9.17, 15) is 4.53 Å². The van der Waals surface area contributed by atoms with Crippen molar-refractivity contribution in [1.82, 2.24) is 0 Å². The van der Waals surface area contributed by atoms with E-state index in [1.807, 2.05) is 0 Å². The molecule has 0 aromatic rings. The van der Waals surface area contributed by atoms with E-state index in [2.05, 4.69) is 18.1 Å². The molecule has 0 aliphatic heterocycles. The van der Waals surface area contributed by atoms with Gasteiger partial charge in [0.25, 0.3) is 0 Å². The van der Waals surface area contributed by atoms with Gasteiger partial charge in [0.1, 0.15) is 0 Å². The van der Waals surface area contributed by atoms with Gasteiger partial charge >= 0.3 is 0 Å². The zero-order valence-corrected chi connectivity index (χ0v) is 4.43. The molecule has 1 nitrogen and oxygen atoms in total. The van der Waals surface area contributed by atoms with E-state index in [0.29, 0.717) is 0 Å². The van der Waals surface area contributed by atoms with Crippen LogP contribution >= 0.6 is 0 Å². The van der Waals surface area contributed by atoms with E-state index in [4.69, 9.17) is 0 Å². The Bertz CT molecular complexity index is 116. The maximum Gasteiger partial charge on any atom is 0.164 e. The van der Waals surface area contributed by atoms with Crippen LogP contribution in [0.5, 0.6) is 0 Å². The quantitative estimate of drug-likeness (QED) is 0.403. The Morgan fingerprint density at radius 1 is 1.62 bits per heavy atom. The predicted molar refractivity (Wildman–Crippen MR) is 30.7 cm³/mol. The molecule has 0 heterocycles. The zero-order chi connectivity index (χ0) is 6.41. The molecule has 0 amide bonds. The molecule has 0 radical (unpaired) electrons. The number of hydrogen-bond acceptors (Lipinski definition) is 1. The molecule has 0 rings (SSSR count). The number of rotatable bonds is 3. The van der Waals surface area contributed by atoms with Crippen molar-refractivity contribution >= 4 is 0 Å². The van der Waals surface area contributed by atoms with Gasteiger partial charge in [0.15, 0.2) is 5.76 Å². The lowest BCUT2D eigenvalue weighted by molar-refractivity contribution is -0.0758. The lowest BCUT2D eigenvalue weighted by Crippen LogP contribution is -1.69. The lowest BCUT2D eigenvalue weighted by atomic mass is 10.4. The Hall–Kier alpha value is -1.05.